The largest absolute Gasteiger partial charge is 0.375 e. The van der Waals surface area contributed by atoms with Crippen molar-refractivity contribution in [1.82, 2.24) is 9.80 Å². The fourth-order valence-electron chi connectivity index (χ4n) is 4.35. The maximum absolute atomic E-state index is 12.3. The molecule has 0 aliphatic carbocycles. The molecule has 0 N–H and O–H groups in total. The topological polar surface area (TPSA) is 32.8 Å². The minimum absolute atomic E-state index is 0.171. The smallest absolute Gasteiger partial charge is 0.248 e. The molecule has 0 saturated carbocycles. The molecule has 2 aliphatic heterocycles. The van der Waals surface area contributed by atoms with Crippen molar-refractivity contribution < 1.29 is 9.53 Å². The first-order chi connectivity index (χ1) is 11.8. The number of carbonyl (C=O) groups excluding carboxylic acids is 1. The number of likely N-dealkylation sites (tertiary alicyclic amines) is 2. The predicted octanol–water partition coefficient (Wildman–Crippen LogP) is 2.58. The molecule has 4 heteroatoms. The second kappa shape index (κ2) is 8.63. The lowest BCUT2D eigenvalue weighted by Crippen LogP contribution is -2.56. The van der Waals surface area contributed by atoms with Crippen LogP contribution in [0.15, 0.2) is 30.3 Å². The molecule has 1 amide bonds. The fraction of sp³-hybridized carbons (Fsp3) is 0.650. The number of rotatable bonds is 6. The summed E-state index contributed by atoms with van der Waals surface area (Å²) >= 11 is 0. The standard InChI is InChI=1S/C20H30N2O2/c1-24-16-20(23)22-13-6-10-18-15-21(14-11-19(18)22)12-5-9-17-7-3-2-4-8-17/h2-4,7-8,18-19H,5-6,9-16H2,1H3/t18-,19+/m1/s1. The van der Waals surface area contributed by atoms with Gasteiger partial charge in [-0.05, 0) is 50.1 Å². The molecule has 0 radical (unpaired) electrons. The van der Waals surface area contributed by atoms with Gasteiger partial charge in [-0.3, -0.25) is 4.79 Å². The van der Waals surface area contributed by atoms with E-state index in [-0.39, 0.29) is 12.5 Å². The number of amides is 1. The SMILES string of the molecule is COCC(=O)N1CCC[C@@H]2CN(CCCc3ccccc3)CC[C@@H]21. The molecular formula is C20H30N2O2. The van der Waals surface area contributed by atoms with E-state index in [1.807, 2.05) is 0 Å². The van der Waals surface area contributed by atoms with Gasteiger partial charge in [0.25, 0.3) is 0 Å². The van der Waals surface area contributed by atoms with Gasteiger partial charge in [-0.1, -0.05) is 30.3 Å². The van der Waals surface area contributed by atoms with Crippen LogP contribution in [0.3, 0.4) is 0 Å². The van der Waals surface area contributed by atoms with E-state index >= 15 is 0 Å². The van der Waals surface area contributed by atoms with Gasteiger partial charge in [0.15, 0.2) is 0 Å². The number of methoxy groups -OCH3 is 1. The Morgan fingerprint density at radius 2 is 2.04 bits per heavy atom. The third-order valence-electron chi connectivity index (χ3n) is 5.52. The Morgan fingerprint density at radius 1 is 1.21 bits per heavy atom. The molecule has 0 spiro atoms. The summed E-state index contributed by atoms with van der Waals surface area (Å²) in [4.78, 5) is 17.0. The number of fused-ring (bicyclic) bond motifs is 1. The zero-order chi connectivity index (χ0) is 16.8. The highest BCUT2D eigenvalue weighted by atomic mass is 16.5. The number of carbonyl (C=O) groups is 1. The van der Waals surface area contributed by atoms with E-state index in [2.05, 4.69) is 40.1 Å². The Morgan fingerprint density at radius 3 is 2.83 bits per heavy atom. The Labute approximate surface area is 145 Å². The molecule has 1 aromatic carbocycles. The first-order valence-electron chi connectivity index (χ1n) is 9.32. The Hall–Kier alpha value is -1.39. The zero-order valence-corrected chi connectivity index (χ0v) is 14.8. The van der Waals surface area contributed by atoms with Gasteiger partial charge in [-0.2, -0.15) is 0 Å². The van der Waals surface area contributed by atoms with E-state index in [9.17, 15) is 4.79 Å². The average molecular weight is 330 g/mol. The van der Waals surface area contributed by atoms with Crippen LogP contribution in [0.1, 0.15) is 31.2 Å². The van der Waals surface area contributed by atoms with Crippen LogP contribution in [0.5, 0.6) is 0 Å². The summed E-state index contributed by atoms with van der Waals surface area (Å²) < 4.78 is 5.05. The summed E-state index contributed by atoms with van der Waals surface area (Å²) in [6.07, 6.45) is 5.88. The summed E-state index contributed by atoms with van der Waals surface area (Å²) in [5.74, 6) is 0.815. The molecule has 2 saturated heterocycles. The van der Waals surface area contributed by atoms with Crippen LogP contribution in [0.4, 0.5) is 0 Å². The number of aryl methyl sites for hydroxylation is 1. The van der Waals surface area contributed by atoms with Gasteiger partial charge in [0.1, 0.15) is 6.61 Å². The third kappa shape index (κ3) is 4.37. The molecule has 2 atom stereocenters. The third-order valence-corrected chi connectivity index (χ3v) is 5.52. The van der Waals surface area contributed by atoms with Crippen LogP contribution >= 0.6 is 0 Å². The van der Waals surface area contributed by atoms with Gasteiger partial charge < -0.3 is 14.5 Å². The number of hydrogen-bond donors (Lipinski definition) is 0. The van der Waals surface area contributed by atoms with Crippen molar-refractivity contribution in [3.05, 3.63) is 35.9 Å². The molecule has 0 unspecified atom stereocenters. The summed E-state index contributed by atoms with van der Waals surface area (Å²) in [6, 6.07) is 11.2. The first kappa shape index (κ1) is 17.4. The van der Waals surface area contributed by atoms with Crippen LogP contribution in [0, 0.1) is 5.92 Å². The van der Waals surface area contributed by atoms with Crippen molar-refractivity contribution in [1.29, 1.82) is 0 Å². The van der Waals surface area contributed by atoms with Crippen LogP contribution in [-0.4, -0.2) is 61.6 Å². The van der Waals surface area contributed by atoms with Gasteiger partial charge in [0.05, 0.1) is 0 Å². The van der Waals surface area contributed by atoms with E-state index < -0.39 is 0 Å². The second-order valence-corrected chi connectivity index (χ2v) is 7.17. The minimum Gasteiger partial charge on any atom is -0.375 e. The van der Waals surface area contributed by atoms with E-state index in [0.29, 0.717) is 12.0 Å². The van der Waals surface area contributed by atoms with Crippen molar-refractivity contribution in [3.63, 3.8) is 0 Å². The normalized spacial score (nSPS) is 24.6. The van der Waals surface area contributed by atoms with Gasteiger partial charge in [0.2, 0.25) is 5.91 Å². The molecule has 0 bridgehead atoms. The number of hydrogen-bond acceptors (Lipinski definition) is 3. The highest BCUT2D eigenvalue weighted by Crippen LogP contribution is 2.30. The summed E-state index contributed by atoms with van der Waals surface area (Å²) in [6.45, 7) is 4.58. The lowest BCUT2D eigenvalue weighted by molar-refractivity contribution is -0.142. The molecule has 2 aliphatic rings. The van der Waals surface area contributed by atoms with Crippen LogP contribution < -0.4 is 0 Å². The minimum atomic E-state index is 0.171. The molecule has 2 fully saturated rings. The number of nitrogens with zero attached hydrogens (tertiary/aromatic N) is 2. The number of benzene rings is 1. The fourth-order valence-corrected chi connectivity index (χ4v) is 4.35. The van der Waals surface area contributed by atoms with Gasteiger partial charge in [-0.25, -0.2) is 0 Å². The Balaban J connectivity index is 1.47. The maximum atomic E-state index is 12.3. The summed E-state index contributed by atoms with van der Waals surface area (Å²) in [7, 11) is 1.61. The Kier molecular flexibility index (Phi) is 6.27. The highest BCUT2D eigenvalue weighted by Gasteiger charge is 2.37. The van der Waals surface area contributed by atoms with E-state index in [1.165, 1.54) is 24.9 Å². The van der Waals surface area contributed by atoms with Crippen LogP contribution in [0.2, 0.25) is 0 Å². The number of ether oxygens (including phenoxy) is 1. The molecule has 1 aromatic rings. The lowest BCUT2D eigenvalue weighted by atomic mass is 9.83. The monoisotopic (exact) mass is 330 g/mol. The van der Waals surface area contributed by atoms with Crippen LogP contribution in [0.25, 0.3) is 0 Å². The maximum Gasteiger partial charge on any atom is 0.248 e. The molecule has 3 rings (SSSR count). The van der Waals surface area contributed by atoms with Crippen molar-refractivity contribution >= 4 is 5.91 Å². The van der Waals surface area contributed by atoms with Crippen LogP contribution in [-0.2, 0) is 16.0 Å². The summed E-state index contributed by atoms with van der Waals surface area (Å²) in [5, 5.41) is 0. The van der Waals surface area contributed by atoms with Crippen molar-refractivity contribution in [2.75, 3.05) is 39.9 Å². The molecule has 132 valence electrons. The molecule has 24 heavy (non-hydrogen) atoms. The van der Waals surface area contributed by atoms with E-state index in [4.69, 9.17) is 4.74 Å². The van der Waals surface area contributed by atoms with Crippen molar-refractivity contribution in [2.24, 2.45) is 5.92 Å². The second-order valence-electron chi connectivity index (χ2n) is 7.17. The average Bonchev–Trinajstić information content (AvgIpc) is 2.62. The molecular weight excluding hydrogens is 300 g/mol. The summed E-state index contributed by atoms with van der Waals surface area (Å²) in [5.41, 5.74) is 1.43. The number of piperidine rings is 2. The zero-order valence-electron chi connectivity index (χ0n) is 14.8. The molecule has 2 heterocycles. The van der Waals surface area contributed by atoms with Gasteiger partial charge >= 0.3 is 0 Å². The highest BCUT2D eigenvalue weighted by molar-refractivity contribution is 5.78. The first-order valence-corrected chi connectivity index (χ1v) is 9.32. The van der Waals surface area contributed by atoms with Gasteiger partial charge in [-0.15, -0.1) is 0 Å². The quantitative estimate of drug-likeness (QED) is 0.804. The molecule has 0 aromatic heterocycles. The molecule has 4 nitrogen and oxygen atoms in total. The van der Waals surface area contributed by atoms with Crippen molar-refractivity contribution in [2.45, 2.75) is 38.1 Å². The van der Waals surface area contributed by atoms with Gasteiger partial charge in [0, 0.05) is 32.8 Å². The lowest BCUT2D eigenvalue weighted by Gasteiger charge is -2.47. The van der Waals surface area contributed by atoms with E-state index in [0.717, 1.165) is 38.9 Å². The Bertz CT molecular complexity index is 520. The van der Waals surface area contributed by atoms with Crippen molar-refractivity contribution in [3.8, 4) is 0 Å². The predicted molar refractivity (Wildman–Crippen MR) is 95.9 cm³/mol. The van der Waals surface area contributed by atoms with E-state index in [1.54, 1.807) is 7.11 Å².